The van der Waals surface area contributed by atoms with Gasteiger partial charge in [-0.2, -0.15) is 0 Å². The fourth-order valence-corrected chi connectivity index (χ4v) is 3.61. The van der Waals surface area contributed by atoms with Gasteiger partial charge in [0.1, 0.15) is 17.1 Å². The van der Waals surface area contributed by atoms with E-state index in [1.807, 2.05) is 0 Å². The van der Waals surface area contributed by atoms with Crippen molar-refractivity contribution in [3.8, 4) is 11.5 Å². The molecule has 0 saturated heterocycles. The van der Waals surface area contributed by atoms with Crippen LogP contribution in [-0.2, 0) is 14.8 Å². The van der Waals surface area contributed by atoms with Crippen LogP contribution in [-0.4, -0.2) is 65.1 Å². The molecule has 0 saturated carbocycles. The van der Waals surface area contributed by atoms with Gasteiger partial charge in [-0.3, -0.25) is 14.9 Å². The summed E-state index contributed by atoms with van der Waals surface area (Å²) < 4.78 is 41.6. The fraction of sp³-hybridized carbons (Fsp3) is 0.316. The molecule has 0 aliphatic rings. The predicted octanol–water partition coefficient (Wildman–Crippen LogP) is 2.13. The third-order valence-electron chi connectivity index (χ3n) is 4.16. The number of methoxy groups -OCH3 is 2. The van der Waals surface area contributed by atoms with E-state index < -0.39 is 26.5 Å². The Morgan fingerprint density at radius 3 is 2.39 bits per heavy atom. The number of anilines is 1. The van der Waals surface area contributed by atoms with E-state index in [1.54, 1.807) is 0 Å². The van der Waals surface area contributed by atoms with Gasteiger partial charge in [-0.05, 0) is 12.1 Å². The van der Waals surface area contributed by atoms with Crippen molar-refractivity contribution in [1.82, 2.24) is 4.31 Å². The minimum atomic E-state index is -3.87. The molecule has 0 unspecified atom stereocenters. The van der Waals surface area contributed by atoms with E-state index in [1.165, 1.54) is 58.6 Å². The number of nitro benzene ring substituents is 1. The molecule has 0 fully saturated rings. The standard InChI is InChI=1S/C19H23N3O8S/c1-21(2)31(26,27)18-8-6-5-7-14(18)20-19(23)13-11-16(29-4)17(30-10-9-28-3)12-15(13)22(24)25/h5-8,11-12H,9-10H2,1-4H3,(H,20,23). The minimum absolute atomic E-state index is 0.0186. The lowest BCUT2D eigenvalue weighted by atomic mass is 10.1. The van der Waals surface area contributed by atoms with Gasteiger partial charge in [0.25, 0.3) is 11.6 Å². The van der Waals surface area contributed by atoms with E-state index >= 15 is 0 Å². The van der Waals surface area contributed by atoms with Crippen molar-refractivity contribution >= 4 is 27.3 Å². The second-order valence-electron chi connectivity index (χ2n) is 6.36. The van der Waals surface area contributed by atoms with Crippen LogP contribution in [0.25, 0.3) is 0 Å². The Morgan fingerprint density at radius 2 is 1.81 bits per heavy atom. The van der Waals surface area contributed by atoms with Crippen molar-refractivity contribution in [2.45, 2.75) is 4.90 Å². The summed E-state index contributed by atoms with van der Waals surface area (Å²) in [5, 5.41) is 14.0. The third kappa shape index (κ3) is 5.48. The van der Waals surface area contributed by atoms with E-state index in [-0.39, 0.29) is 40.9 Å². The fourth-order valence-electron chi connectivity index (χ4n) is 2.57. The SMILES string of the molecule is COCCOc1cc([N+](=O)[O-])c(C(=O)Nc2ccccc2S(=O)(=O)N(C)C)cc1OC. The minimum Gasteiger partial charge on any atom is -0.493 e. The molecule has 31 heavy (non-hydrogen) atoms. The Bertz CT molecular complexity index is 1070. The van der Waals surface area contributed by atoms with E-state index in [2.05, 4.69) is 5.32 Å². The number of rotatable bonds is 10. The number of hydrogen-bond acceptors (Lipinski definition) is 8. The summed E-state index contributed by atoms with van der Waals surface area (Å²) in [6.45, 7) is 0.363. The molecule has 0 aliphatic heterocycles. The number of sulfonamides is 1. The first-order valence-corrected chi connectivity index (χ1v) is 10.4. The summed E-state index contributed by atoms with van der Waals surface area (Å²) in [6, 6.07) is 7.99. The molecule has 0 aliphatic carbocycles. The van der Waals surface area contributed by atoms with Crippen LogP contribution in [0.4, 0.5) is 11.4 Å². The molecule has 0 radical (unpaired) electrons. The summed E-state index contributed by atoms with van der Waals surface area (Å²) in [6.07, 6.45) is 0. The van der Waals surface area contributed by atoms with Crippen molar-refractivity contribution in [3.63, 3.8) is 0 Å². The molecule has 12 heteroatoms. The maximum atomic E-state index is 12.9. The van der Waals surface area contributed by atoms with E-state index in [0.29, 0.717) is 0 Å². The van der Waals surface area contributed by atoms with Gasteiger partial charge >= 0.3 is 0 Å². The van der Waals surface area contributed by atoms with Crippen molar-refractivity contribution < 1.29 is 32.3 Å². The van der Waals surface area contributed by atoms with Crippen LogP contribution in [0.15, 0.2) is 41.3 Å². The van der Waals surface area contributed by atoms with Crippen molar-refractivity contribution in [2.75, 3.05) is 46.8 Å². The first-order valence-electron chi connectivity index (χ1n) is 8.94. The maximum Gasteiger partial charge on any atom is 0.286 e. The van der Waals surface area contributed by atoms with Gasteiger partial charge in [0, 0.05) is 27.3 Å². The molecule has 0 bridgehead atoms. The topological polar surface area (TPSA) is 137 Å². The van der Waals surface area contributed by atoms with Crippen LogP contribution in [0.5, 0.6) is 11.5 Å². The van der Waals surface area contributed by atoms with Crippen LogP contribution < -0.4 is 14.8 Å². The lowest BCUT2D eigenvalue weighted by molar-refractivity contribution is -0.385. The van der Waals surface area contributed by atoms with E-state index in [0.717, 1.165) is 10.4 Å². The number of ether oxygens (including phenoxy) is 3. The number of hydrogen-bond donors (Lipinski definition) is 1. The zero-order valence-electron chi connectivity index (χ0n) is 17.4. The number of nitrogens with zero attached hydrogens (tertiary/aromatic N) is 2. The molecule has 2 aromatic carbocycles. The molecule has 0 spiro atoms. The summed E-state index contributed by atoms with van der Waals surface area (Å²) in [5.41, 5.74) is -0.869. The van der Waals surface area contributed by atoms with Crippen LogP contribution >= 0.6 is 0 Å². The number of carbonyl (C=O) groups excluding carboxylic acids is 1. The molecule has 2 rings (SSSR count). The zero-order chi connectivity index (χ0) is 23.2. The predicted molar refractivity (Wildman–Crippen MR) is 112 cm³/mol. The van der Waals surface area contributed by atoms with Crippen LogP contribution in [0.1, 0.15) is 10.4 Å². The maximum absolute atomic E-state index is 12.9. The van der Waals surface area contributed by atoms with Gasteiger partial charge in [-0.15, -0.1) is 0 Å². The summed E-state index contributed by atoms with van der Waals surface area (Å²) in [4.78, 5) is 23.6. The molecule has 0 aromatic heterocycles. The lowest BCUT2D eigenvalue weighted by Gasteiger charge is -2.16. The Hall–Kier alpha value is -3.22. The zero-order valence-corrected chi connectivity index (χ0v) is 18.3. The van der Waals surface area contributed by atoms with Gasteiger partial charge in [-0.25, -0.2) is 12.7 Å². The van der Waals surface area contributed by atoms with Gasteiger partial charge in [-0.1, -0.05) is 12.1 Å². The summed E-state index contributed by atoms with van der Waals surface area (Å²) in [7, 11) is 1.64. The quantitative estimate of drug-likeness (QED) is 0.328. The van der Waals surface area contributed by atoms with Gasteiger partial charge < -0.3 is 19.5 Å². The number of nitrogens with one attached hydrogen (secondary N) is 1. The van der Waals surface area contributed by atoms with Crippen LogP contribution in [0.3, 0.4) is 0 Å². The van der Waals surface area contributed by atoms with Crippen LogP contribution in [0.2, 0.25) is 0 Å². The average Bonchev–Trinajstić information content (AvgIpc) is 2.73. The number of para-hydroxylation sites is 1. The number of nitro groups is 1. The summed E-state index contributed by atoms with van der Waals surface area (Å²) in [5.74, 6) is -0.714. The van der Waals surface area contributed by atoms with Crippen molar-refractivity contribution in [2.24, 2.45) is 0 Å². The van der Waals surface area contributed by atoms with Gasteiger partial charge in [0.05, 0.1) is 30.4 Å². The number of amides is 1. The first kappa shape index (κ1) is 24.1. The molecule has 2 aromatic rings. The molecule has 11 nitrogen and oxygen atoms in total. The highest BCUT2D eigenvalue weighted by atomic mass is 32.2. The molecule has 168 valence electrons. The highest BCUT2D eigenvalue weighted by Crippen LogP contribution is 2.35. The van der Waals surface area contributed by atoms with Crippen molar-refractivity contribution in [3.05, 3.63) is 52.1 Å². The summed E-state index contributed by atoms with van der Waals surface area (Å²) >= 11 is 0. The highest BCUT2D eigenvalue weighted by molar-refractivity contribution is 7.89. The smallest absolute Gasteiger partial charge is 0.286 e. The molecule has 1 amide bonds. The van der Waals surface area contributed by atoms with Gasteiger partial charge in [0.15, 0.2) is 11.5 Å². The third-order valence-corrected chi connectivity index (χ3v) is 6.04. The second kappa shape index (κ2) is 10.2. The average molecular weight is 453 g/mol. The van der Waals surface area contributed by atoms with Gasteiger partial charge in [0.2, 0.25) is 10.0 Å². The molecular formula is C19H23N3O8S. The molecule has 1 N–H and O–H groups in total. The largest absolute Gasteiger partial charge is 0.493 e. The van der Waals surface area contributed by atoms with Crippen LogP contribution in [0, 0.1) is 10.1 Å². The molecular weight excluding hydrogens is 430 g/mol. The van der Waals surface area contributed by atoms with Crippen molar-refractivity contribution in [1.29, 1.82) is 0 Å². The molecule has 0 heterocycles. The van der Waals surface area contributed by atoms with E-state index in [4.69, 9.17) is 14.2 Å². The lowest BCUT2D eigenvalue weighted by Crippen LogP contribution is -2.24. The Balaban J connectivity index is 2.48. The monoisotopic (exact) mass is 453 g/mol. The highest BCUT2D eigenvalue weighted by Gasteiger charge is 2.27. The second-order valence-corrected chi connectivity index (χ2v) is 8.48. The normalized spacial score (nSPS) is 11.3. The number of carbonyl (C=O) groups is 1. The Morgan fingerprint density at radius 1 is 1.13 bits per heavy atom. The van der Waals surface area contributed by atoms with E-state index in [9.17, 15) is 23.3 Å². The Kier molecular flexibility index (Phi) is 7.91. The number of benzene rings is 2. The first-order chi connectivity index (χ1) is 14.6. The molecule has 0 atom stereocenters. The Labute approximate surface area is 179 Å².